The Morgan fingerprint density at radius 3 is 1.69 bits per heavy atom. The van der Waals surface area contributed by atoms with Crippen LogP contribution in [0.5, 0.6) is 23.0 Å². The highest BCUT2D eigenvalue weighted by molar-refractivity contribution is 5.72. The van der Waals surface area contributed by atoms with Gasteiger partial charge in [-0.05, 0) is 66.1 Å². The van der Waals surface area contributed by atoms with E-state index < -0.39 is 6.10 Å². The number of nitrogens with one attached hydrogen (secondary N) is 1. The molecule has 4 aromatic rings. The first-order chi connectivity index (χ1) is 23.5. The van der Waals surface area contributed by atoms with Crippen molar-refractivity contribution in [1.29, 1.82) is 0 Å². The zero-order valence-corrected chi connectivity index (χ0v) is 27.2. The number of ether oxygens (including phenoxy) is 6. The van der Waals surface area contributed by atoms with Gasteiger partial charge in [0.1, 0.15) is 48.4 Å². The highest BCUT2D eigenvalue weighted by Gasteiger charge is 2.23. The first kappa shape index (κ1) is 36.2. The highest BCUT2D eigenvalue weighted by atomic mass is 16.7. The third-order valence-electron chi connectivity index (χ3n) is 7.08. The van der Waals surface area contributed by atoms with Crippen molar-refractivity contribution in [2.45, 2.75) is 51.5 Å². The van der Waals surface area contributed by atoms with Gasteiger partial charge >= 0.3 is 0 Å². The lowest BCUT2D eigenvalue weighted by Gasteiger charge is -2.29. The Hall–Kier alpha value is -4.61. The number of hydrogen-bond donors (Lipinski definition) is 3. The summed E-state index contributed by atoms with van der Waals surface area (Å²) < 4.78 is 34.1. The zero-order valence-electron chi connectivity index (χ0n) is 27.2. The summed E-state index contributed by atoms with van der Waals surface area (Å²) in [6, 6.07) is 34.6. The van der Waals surface area contributed by atoms with Gasteiger partial charge in [0.15, 0.2) is 6.29 Å². The van der Waals surface area contributed by atoms with Gasteiger partial charge in [0.05, 0.1) is 26.4 Å². The van der Waals surface area contributed by atoms with Gasteiger partial charge in [0.2, 0.25) is 5.91 Å². The fourth-order valence-corrected chi connectivity index (χ4v) is 4.52. The van der Waals surface area contributed by atoms with Crippen LogP contribution in [0, 0.1) is 0 Å². The highest BCUT2D eigenvalue weighted by Crippen LogP contribution is 2.22. The Kier molecular flexibility index (Phi) is 15.5. The molecule has 10 nitrogen and oxygen atoms in total. The molecule has 1 aliphatic heterocycles. The molecule has 0 aromatic heterocycles. The standard InChI is InChI=1S/C22H27NO5.C16H18O4/c1-17(24)23-13-5-8-22-26-15-21(16-27-22)28-20-11-9-19(10-12-20)25-14-18-6-3-2-4-7-18;17-10-16(11-18)20-15-8-6-14(7-9-15)19-12-13-4-2-1-3-5-13/h2-4,6-7,9-12,21-22H,5,8,13-16H2,1H3,(H,23,24);1-9,16-18H,10-12H2/t21-,22-;. The smallest absolute Gasteiger partial charge is 0.216 e. The molecule has 4 aromatic carbocycles. The molecule has 0 atom stereocenters. The average Bonchev–Trinajstić information content (AvgIpc) is 3.13. The molecule has 5 rings (SSSR count). The van der Waals surface area contributed by atoms with Crippen LogP contribution in [0.15, 0.2) is 109 Å². The van der Waals surface area contributed by atoms with E-state index in [0.717, 1.165) is 41.2 Å². The molecule has 0 saturated carbocycles. The molecule has 1 fully saturated rings. The first-order valence-corrected chi connectivity index (χ1v) is 16.1. The molecule has 0 bridgehead atoms. The van der Waals surface area contributed by atoms with E-state index >= 15 is 0 Å². The Balaban J connectivity index is 0.000000229. The maximum atomic E-state index is 10.8. The maximum Gasteiger partial charge on any atom is 0.216 e. The van der Waals surface area contributed by atoms with Crippen LogP contribution in [-0.2, 0) is 27.5 Å². The van der Waals surface area contributed by atoms with Crippen molar-refractivity contribution in [3.8, 4) is 23.0 Å². The summed E-state index contributed by atoms with van der Waals surface area (Å²) in [4.78, 5) is 10.8. The van der Waals surface area contributed by atoms with Crippen molar-refractivity contribution in [2.75, 3.05) is 33.0 Å². The van der Waals surface area contributed by atoms with E-state index in [1.807, 2.05) is 84.9 Å². The summed E-state index contributed by atoms with van der Waals surface area (Å²) in [5.74, 6) is 2.87. The summed E-state index contributed by atoms with van der Waals surface area (Å²) in [5, 5.41) is 20.6. The van der Waals surface area contributed by atoms with Crippen LogP contribution in [0.25, 0.3) is 0 Å². The molecule has 10 heteroatoms. The molecule has 48 heavy (non-hydrogen) atoms. The van der Waals surface area contributed by atoms with Crippen molar-refractivity contribution < 1.29 is 43.4 Å². The van der Waals surface area contributed by atoms with Crippen LogP contribution in [-0.4, -0.2) is 67.6 Å². The molecule has 0 spiro atoms. The van der Waals surface area contributed by atoms with Crippen molar-refractivity contribution in [1.82, 2.24) is 5.32 Å². The van der Waals surface area contributed by atoms with Crippen LogP contribution in [0.1, 0.15) is 30.9 Å². The number of carbonyl (C=O) groups excluding carboxylic acids is 1. The van der Waals surface area contributed by atoms with Crippen LogP contribution in [0.3, 0.4) is 0 Å². The zero-order chi connectivity index (χ0) is 33.8. The molecule has 0 radical (unpaired) electrons. The number of hydrogen-bond acceptors (Lipinski definition) is 9. The Bertz CT molecular complexity index is 1430. The van der Waals surface area contributed by atoms with Crippen LogP contribution >= 0.6 is 0 Å². The third-order valence-corrected chi connectivity index (χ3v) is 7.08. The average molecular weight is 660 g/mol. The van der Waals surface area contributed by atoms with E-state index in [1.54, 1.807) is 24.3 Å². The van der Waals surface area contributed by atoms with Crippen LogP contribution in [0.2, 0.25) is 0 Å². The summed E-state index contributed by atoms with van der Waals surface area (Å²) >= 11 is 0. The topological polar surface area (TPSA) is 125 Å². The lowest BCUT2D eigenvalue weighted by molar-refractivity contribution is -0.213. The minimum Gasteiger partial charge on any atom is -0.489 e. The van der Waals surface area contributed by atoms with Crippen molar-refractivity contribution in [3.63, 3.8) is 0 Å². The maximum absolute atomic E-state index is 10.8. The van der Waals surface area contributed by atoms with E-state index in [9.17, 15) is 4.79 Å². The summed E-state index contributed by atoms with van der Waals surface area (Å²) in [6.07, 6.45) is 0.608. The van der Waals surface area contributed by atoms with Gasteiger partial charge in [0, 0.05) is 19.9 Å². The van der Waals surface area contributed by atoms with Gasteiger partial charge in [-0.3, -0.25) is 4.79 Å². The van der Waals surface area contributed by atoms with Gasteiger partial charge < -0.3 is 44.0 Å². The van der Waals surface area contributed by atoms with E-state index in [1.165, 1.54) is 6.92 Å². The van der Waals surface area contributed by atoms with Gasteiger partial charge in [-0.25, -0.2) is 0 Å². The Labute approximate surface area is 282 Å². The summed E-state index contributed by atoms with van der Waals surface area (Å²) in [5.41, 5.74) is 2.24. The van der Waals surface area contributed by atoms with E-state index in [4.69, 9.17) is 38.6 Å². The predicted molar refractivity (Wildman–Crippen MR) is 181 cm³/mol. The number of rotatable bonds is 16. The number of carbonyl (C=O) groups is 1. The summed E-state index contributed by atoms with van der Waals surface area (Å²) in [7, 11) is 0. The third kappa shape index (κ3) is 13.6. The molecule has 1 heterocycles. The molecule has 256 valence electrons. The lowest BCUT2D eigenvalue weighted by Crippen LogP contribution is -2.39. The Morgan fingerprint density at radius 2 is 1.21 bits per heavy atom. The predicted octanol–water partition coefficient (Wildman–Crippen LogP) is 5.30. The fourth-order valence-electron chi connectivity index (χ4n) is 4.52. The number of amides is 1. The summed E-state index contributed by atoms with van der Waals surface area (Å²) in [6.45, 7) is 3.72. The largest absolute Gasteiger partial charge is 0.489 e. The van der Waals surface area contributed by atoms with E-state index in [0.29, 0.717) is 38.7 Å². The number of aliphatic hydroxyl groups excluding tert-OH is 2. The van der Waals surface area contributed by atoms with E-state index in [-0.39, 0.29) is 31.5 Å². The second-order valence-corrected chi connectivity index (χ2v) is 11.1. The molecule has 1 amide bonds. The van der Waals surface area contributed by atoms with Crippen molar-refractivity contribution >= 4 is 5.91 Å². The van der Waals surface area contributed by atoms with Crippen LogP contribution in [0.4, 0.5) is 0 Å². The van der Waals surface area contributed by atoms with Gasteiger partial charge in [0.25, 0.3) is 0 Å². The molecular weight excluding hydrogens is 614 g/mol. The minimum absolute atomic E-state index is 0.0181. The second-order valence-electron chi connectivity index (χ2n) is 11.1. The molecule has 0 unspecified atom stereocenters. The van der Waals surface area contributed by atoms with Gasteiger partial charge in [-0.1, -0.05) is 60.7 Å². The molecule has 1 saturated heterocycles. The fraction of sp³-hybridized carbons (Fsp3) is 0.342. The normalized spacial score (nSPS) is 15.5. The SMILES string of the molecule is CC(=O)NCCC[C@H]1OC[C@H](Oc2ccc(OCc3ccccc3)cc2)CO1.OCC(CO)Oc1ccc(OCc2ccccc2)cc1. The lowest BCUT2D eigenvalue weighted by atomic mass is 10.2. The van der Waals surface area contributed by atoms with E-state index in [2.05, 4.69) is 5.32 Å². The first-order valence-electron chi connectivity index (χ1n) is 16.1. The number of aliphatic hydroxyl groups is 2. The molecule has 3 N–H and O–H groups in total. The monoisotopic (exact) mass is 659 g/mol. The minimum atomic E-state index is -0.592. The molecule has 1 aliphatic rings. The molecular formula is C38H45NO9. The second kappa shape index (κ2) is 20.6. The van der Waals surface area contributed by atoms with Gasteiger partial charge in [-0.15, -0.1) is 0 Å². The van der Waals surface area contributed by atoms with Crippen LogP contribution < -0.4 is 24.3 Å². The quantitative estimate of drug-likeness (QED) is 0.138. The molecule has 0 aliphatic carbocycles. The van der Waals surface area contributed by atoms with Crippen molar-refractivity contribution in [2.24, 2.45) is 0 Å². The van der Waals surface area contributed by atoms with Gasteiger partial charge in [-0.2, -0.15) is 0 Å². The van der Waals surface area contributed by atoms with Crippen molar-refractivity contribution in [3.05, 3.63) is 120 Å². The number of benzene rings is 4. The Morgan fingerprint density at radius 1 is 0.729 bits per heavy atom.